The van der Waals surface area contributed by atoms with Crippen molar-refractivity contribution in [3.05, 3.63) is 28.9 Å². The summed E-state index contributed by atoms with van der Waals surface area (Å²) in [4.78, 5) is 14.6. The van der Waals surface area contributed by atoms with E-state index < -0.39 is 0 Å². The molecule has 2 aromatic rings. The molecule has 0 aliphatic carbocycles. The van der Waals surface area contributed by atoms with Gasteiger partial charge < -0.3 is 15.0 Å². The zero-order valence-electron chi connectivity index (χ0n) is 11.8. The monoisotopic (exact) mass is 294 g/mol. The molecule has 2 N–H and O–H groups in total. The van der Waals surface area contributed by atoms with Gasteiger partial charge in [-0.1, -0.05) is 11.6 Å². The summed E-state index contributed by atoms with van der Waals surface area (Å²) < 4.78 is 5.24. The maximum Gasteiger partial charge on any atom is 0.219 e. The molecule has 20 heavy (non-hydrogen) atoms. The van der Waals surface area contributed by atoms with E-state index in [1.807, 2.05) is 25.3 Å². The number of benzene rings is 1. The number of hydrogen-bond donors (Lipinski definition) is 2. The summed E-state index contributed by atoms with van der Waals surface area (Å²) in [6.45, 7) is 2.61. The lowest BCUT2D eigenvalue weighted by atomic mass is 10.1. The van der Waals surface area contributed by atoms with Crippen molar-refractivity contribution in [2.24, 2.45) is 0 Å². The fourth-order valence-electron chi connectivity index (χ4n) is 2.27. The van der Waals surface area contributed by atoms with Crippen molar-refractivity contribution >= 4 is 28.4 Å². The van der Waals surface area contributed by atoms with Gasteiger partial charge in [0.1, 0.15) is 5.75 Å². The minimum Gasteiger partial charge on any atom is -0.495 e. The van der Waals surface area contributed by atoms with Crippen LogP contribution in [0.2, 0.25) is 5.02 Å². The Labute approximate surface area is 123 Å². The van der Waals surface area contributed by atoms with E-state index in [9.17, 15) is 4.79 Å². The van der Waals surface area contributed by atoms with Crippen LogP contribution in [0.5, 0.6) is 5.75 Å². The van der Waals surface area contributed by atoms with Gasteiger partial charge in [0, 0.05) is 30.1 Å². The van der Waals surface area contributed by atoms with Crippen LogP contribution in [0.25, 0.3) is 10.9 Å². The van der Waals surface area contributed by atoms with Crippen molar-refractivity contribution in [3.63, 3.8) is 0 Å². The molecule has 0 saturated carbocycles. The number of hydrogen-bond acceptors (Lipinski definition) is 2. The van der Waals surface area contributed by atoms with Gasteiger partial charge in [-0.25, -0.2) is 0 Å². The van der Waals surface area contributed by atoms with Gasteiger partial charge in [-0.3, -0.25) is 4.79 Å². The van der Waals surface area contributed by atoms with Gasteiger partial charge in [-0.2, -0.15) is 0 Å². The molecule has 108 valence electrons. The molecule has 0 bridgehead atoms. The summed E-state index contributed by atoms with van der Waals surface area (Å²) >= 11 is 6.10. The Morgan fingerprint density at radius 1 is 1.45 bits per heavy atom. The number of amides is 1. The Hall–Kier alpha value is -1.68. The molecule has 0 atom stereocenters. The predicted octanol–water partition coefficient (Wildman–Crippen LogP) is 3.29. The number of carbonyl (C=O) groups is 1. The first-order chi connectivity index (χ1) is 9.65. The number of halogens is 1. The van der Waals surface area contributed by atoms with Crippen LogP contribution in [0, 0.1) is 0 Å². The van der Waals surface area contributed by atoms with Crippen LogP contribution >= 0.6 is 11.6 Å². The third kappa shape index (κ3) is 3.25. The minimum absolute atomic E-state index is 0.105. The molecular weight excluding hydrogens is 276 g/mol. The third-order valence-corrected chi connectivity index (χ3v) is 3.56. The molecule has 2 rings (SSSR count). The Balaban J connectivity index is 2.09. The van der Waals surface area contributed by atoms with Gasteiger partial charge in [0.05, 0.1) is 12.1 Å². The molecule has 0 fully saturated rings. The van der Waals surface area contributed by atoms with E-state index in [-0.39, 0.29) is 5.91 Å². The van der Waals surface area contributed by atoms with Crippen LogP contribution in [-0.4, -0.2) is 24.5 Å². The molecule has 4 nitrogen and oxygen atoms in total. The summed E-state index contributed by atoms with van der Waals surface area (Å²) in [5.74, 6) is 0.775. The number of carbonyl (C=O) groups excluding carboxylic acids is 1. The van der Waals surface area contributed by atoms with Gasteiger partial charge in [0.15, 0.2) is 0 Å². The number of aryl methyl sites for hydroxylation is 1. The number of methoxy groups -OCH3 is 1. The average molecular weight is 295 g/mol. The second-order valence-corrected chi connectivity index (χ2v) is 5.06. The van der Waals surface area contributed by atoms with Crippen molar-refractivity contribution in [1.82, 2.24) is 10.3 Å². The second-order valence-electron chi connectivity index (χ2n) is 4.65. The van der Waals surface area contributed by atoms with Crippen LogP contribution in [-0.2, 0) is 11.2 Å². The Bertz CT molecular complexity index is 607. The van der Waals surface area contributed by atoms with Crippen molar-refractivity contribution in [3.8, 4) is 5.75 Å². The average Bonchev–Trinajstić information content (AvgIpc) is 2.80. The molecular formula is C15H19ClN2O2. The van der Waals surface area contributed by atoms with Gasteiger partial charge in [-0.15, -0.1) is 0 Å². The van der Waals surface area contributed by atoms with E-state index in [4.69, 9.17) is 16.3 Å². The zero-order valence-corrected chi connectivity index (χ0v) is 12.5. The minimum atomic E-state index is 0.105. The second kappa shape index (κ2) is 6.66. The number of ether oxygens (including phenoxy) is 1. The Morgan fingerprint density at radius 3 is 2.95 bits per heavy atom. The highest BCUT2D eigenvalue weighted by atomic mass is 35.5. The molecule has 0 saturated heterocycles. The molecule has 0 unspecified atom stereocenters. The van der Waals surface area contributed by atoms with Crippen molar-refractivity contribution in [2.75, 3.05) is 13.7 Å². The molecule has 0 aliphatic rings. The lowest BCUT2D eigenvalue weighted by Crippen LogP contribution is -2.22. The Morgan fingerprint density at radius 2 is 2.25 bits per heavy atom. The van der Waals surface area contributed by atoms with E-state index in [1.54, 1.807) is 7.11 Å². The summed E-state index contributed by atoms with van der Waals surface area (Å²) in [6.07, 6.45) is 4.19. The van der Waals surface area contributed by atoms with Crippen LogP contribution in [0.15, 0.2) is 18.3 Å². The molecule has 1 amide bonds. The van der Waals surface area contributed by atoms with E-state index in [1.165, 1.54) is 5.56 Å². The SMILES string of the molecule is CCNC(=O)CCCc1c[nH]c2cc(Cl)c(OC)cc12. The molecule has 0 spiro atoms. The fraction of sp³-hybridized carbons (Fsp3) is 0.400. The van der Waals surface area contributed by atoms with Crippen molar-refractivity contribution in [1.29, 1.82) is 0 Å². The smallest absolute Gasteiger partial charge is 0.219 e. The maximum atomic E-state index is 11.4. The number of aromatic amines is 1. The predicted molar refractivity (Wildman–Crippen MR) is 81.5 cm³/mol. The maximum absolute atomic E-state index is 11.4. The highest BCUT2D eigenvalue weighted by Gasteiger charge is 2.09. The van der Waals surface area contributed by atoms with Crippen LogP contribution in [0.3, 0.4) is 0 Å². The highest BCUT2D eigenvalue weighted by molar-refractivity contribution is 6.32. The van der Waals surface area contributed by atoms with Gasteiger partial charge in [-0.05, 0) is 37.5 Å². The standard InChI is InChI=1S/C15H19ClN2O2/c1-3-17-15(19)6-4-5-10-9-18-13-8-12(16)14(20-2)7-11(10)13/h7-9,18H,3-6H2,1-2H3,(H,17,19). The summed E-state index contributed by atoms with van der Waals surface area (Å²) in [6, 6.07) is 3.80. The number of rotatable bonds is 6. The molecule has 0 radical (unpaired) electrons. The van der Waals surface area contributed by atoms with Crippen LogP contribution < -0.4 is 10.1 Å². The van der Waals surface area contributed by atoms with Gasteiger partial charge in [0.25, 0.3) is 0 Å². The first kappa shape index (κ1) is 14.7. The normalized spacial score (nSPS) is 10.8. The van der Waals surface area contributed by atoms with Crippen LogP contribution in [0.4, 0.5) is 0 Å². The highest BCUT2D eigenvalue weighted by Crippen LogP contribution is 2.31. The number of fused-ring (bicyclic) bond motifs is 1. The van der Waals surface area contributed by atoms with Crippen molar-refractivity contribution in [2.45, 2.75) is 26.2 Å². The summed E-state index contributed by atoms with van der Waals surface area (Å²) in [7, 11) is 1.61. The van der Waals surface area contributed by atoms with E-state index in [0.29, 0.717) is 23.7 Å². The number of aromatic nitrogens is 1. The lowest BCUT2D eigenvalue weighted by molar-refractivity contribution is -0.121. The molecule has 1 aromatic carbocycles. The molecule has 1 heterocycles. The Kier molecular flexibility index (Phi) is 4.90. The first-order valence-corrected chi connectivity index (χ1v) is 7.13. The lowest BCUT2D eigenvalue weighted by Gasteiger charge is -2.05. The summed E-state index contributed by atoms with van der Waals surface area (Å²) in [5.41, 5.74) is 2.17. The summed E-state index contributed by atoms with van der Waals surface area (Å²) in [5, 5.41) is 4.50. The zero-order chi connectivity index (χ0) is 14.5. The van der Waals surface area contributed by atoms with Gasteiger partial charge >= 0.3 is 0 Å². The molecule has 1 aromatic heterocycles. The quantitative estimate of drug-likeness (QED) is 0.859. The van der Waals surface area contributed by atoms with E-state index >= 15 is 0 Å². The molecule has 5 heteroatoms. The van der Waals surface area contributed by atoms with E-state index in [0.717, 1.165) is 23.7 Å². The first-order valence-electron chi connectivity index (χ1n) is 6.76. The largest absolute Gasteiger partial charge is 0.495 e. The fourth-order valence-corrected chi connectivity index (χ4v) is 2.51. The topological polar surface area (TPSA) is 54.1 Å². The van der Waals surface area contributed by atoms with Crippen molar-refractivity contribution < 1.29 is 9.53 Å². The van der Waals surface area contributed by atoms with Gasteiger partial charge in [0.2, 0.25) is 5.91 Å². The molecule has 0 aliphatic heterocycles. The third-order valence-electron chi connectivity index (χ3n) is 3.26. The van der Waals surface area contributed by atoms with Crippen LogP contribution in [0.1, 0.15) is 25.3 Å². The number of H-pyrrole nitrogens is 1. The number of nitrogens with one attached hydrogen (secondary N) is 2. The van der Waals surface area contributed by atoms with E-state index in [2.05, 4.69) is 10.3 Å².